The molecule has 0 rings (SSSR count). The summed E-state index contributed by atoms with van der Waals surface area (Å²) in [5, 5.41) is 8.16. The second-order valence-electron chi connectivity index (χ2n) is 4.46. The highest BCUT2D eigenvalue weighted by Crippen LogP contribution is 2.11. The van der Waals surface area contributed by atoms with E-state index in [2.05, 4.69) is 31.7 Å². The molecule has 0 fully saturated rings. The van der Waals surface area contributed by atoms with Crippen molar-refractivity contribution >= 4 is 18.6 Å². The molecule has 0 aromatic carbocycles. The van der Waals surface area contributed by atoms with Crippen molar-refractivity contribution in [3.05, 3.63) is 12.2 Å². The Morgan fingerprint density at radius 1 is 1.12 bits per heavy atom. The van der Waals surface area contributed by atoms with Crippen molar-refractivity contribution in [1.82, 2.24) is 0 Å². The van der Waals surface area contributed by atoms with E-state index in [1.54, 1.807) is 0 Å². The molecule has 2 nitrogen and oxygen atoms in total. The van der Waals surface area contributed by atoms with Gasteiger partial charge in [-0.05, 0) is 25.7 Å². The first kappa shape index (κ1) is 16.6. The Labute approximate surface area is 111 Å². The lowest BCUT2D eigenvalue weighted by atomic mass is 10.1. The van der Waals surface area contributed by atoms with Crippen molar-refractivity contribution in [2.45, 2.75) is 70.0 Å². The molecule has 0 spiro atoms. The zero-order valence-corrected chi connectivity index (χ0v) is 11.8. The van der Waals surface area contributed by atoms with Gasteiger partial charge in [-0.2, -0.15) is 12.6 Å². The van der Waals surface area contributed by atoms with E-state index in [9.17, 15) is 4.79 Å². The maximum Gasteiger partial charge on any atom is 0.316 e. The fourth-order valence-electron chi connectivity index (χ4n) is 1.63. The van der Waals surface area contributed by atoms with E-state index in [0.29, 0.717) is 6.42 Å². The molecule has 0 aromatic heterocycles. The molecule has 0 aromatic rings. The van der Waals surface area contributed by atoms with E-state index in [4.69, 9.17) is 5.11 Å². The molecule has 0 saturated carbocycles. The molecule has 0 radical (unpaired) electrons. The van der Waals surface area contributed by atoms with Crippen LogP contribution in [0, 0.1) is 0 Å². The van der Waals surface area contributed by atoms with Crippen molar-refractivity contribution in [2.24, 2.45) is 0 Å². The van der Waals surface area contributed by atoms with Crippen LogP contribution in [0.5, 0.6) is 0 Å². The molecule has 0 aliphatic rings. The molecule has 100 valence electrons. The molecule has 17 heavy (non-hydrogen) atoms. The average molecular weight is 258 g/mol. The van der Waals surface area contributed by atoms with E-state index < -0.39 is 11.2 Å². The Hall–Kier alpha value is -0.440. The number of rotatable bonds is 11. The van der Waals surface area contributed by atoms with Crippen molar-refractivity contribution < 1.29 is 9.90 Å². The molecule has 3 heteroatoms. The zero-order valence-electron chi connectivity index (χ0n) is 10.9. The van der Waals surface area contributed by atoms with Crippen molar-refractivity contribution in [3.8, 4) is 0 Å². The monoisotopic (exact) mass is 258 g/mol. The fourth-order valence-corrected chi connectivity index (χ4v) is 1.82. The van der Waals surface area contributed by atoms with Gasteiger partial charge in [0.05, 0.1) is 5.25 Å². The quantitative estimate of drug-likeness (QED) is 0.326. The van der Waals surface area contributed by atoms with Gasteiger partial charge in [0, 0.05) is 0 Å². The Bertz CT molecular complexity index is 214. The summed E-state index contributed by atoms with van der Waals surface area (Å²) >= 11 is 4.01. The van der Waals surface area contributed by atoms with Gasteiger partial charge in [0.2, 0.25) is 0 Å². The lowest BCUT2D eigenvalue weighted by molar-refractivity contribution is -0.136. The summed E-state index contributed by atoms with van der Waals surface area (Å²) in [5.41, 5.74) is 0. The number of hydrogen-bond donors (Lipinski definition) is 2. The van der Waals surface area contributed by atoms with Crippen LogP contribution in [0.15, 0.2) is 12.2 Å². The first-order valence-corrected chi connectivity index (χ1v) is 7.26. The Balaban J connectivity index is 3.18. The largest absolute Gasteiger partial charge is 0.480 e. The number of allylic oxidation sites excluding steroid dienone is 2. The summed E-state index contributed by atoms with van der Waals surface area (Å²) in [6.07, 6.45) is 14.6. The van der Waals surface area contributed by atoms with Crippen LogP contribution in [0.3, 0.4) is 0 Å². The molecule has 1 unspecified atom stereocenters. The third-order valence-electron chi connectivity index (χ3n) is 2.77. The van der Waals surface area contributed by atoms with Crippen LogP contribution < -0.4 is 0 Å². The lowest BCUT2D eigenvalue weighted by Gasteiger charge is -2.04. The number of aliphatic carboxylic acids is 1. The number of carboxylic acid groups (broad SMARTS) is 1. The van der Waals surface area contributed by atoms with Crippen LogP contribution in [0.1, 0.15) is 64.7 Å². The topological polar surface area (TPSA) is 37.3 Å². The van der Waals surface area contributed by atoms with Gasteiger partial charge in [-0.1, -0.05) is 51.2 Å². The van der Waals surface area contributed by atoms with Gasteiger partial charge >= 0.3 is 5.97 Å². The minimum atomic E-state index is -0.799. The normalized spacial score (nSPS) is 13.1. The smallest absolute Gasteiger partial charge is 0.316 e. The van der Waals surface area contributed by atoms with Gasteiger partial charge in [-0.15, -0.1) is 0 Å². The summed E-state index contributed by atoms with van der Waals surface area (Å²) < 4.78 is 0. The standard InChI is InChI=1S/C14H26O2S/c1-2-3-4-5-6-7-8-9-10-11-12-13(17)14(15)16/h5-6,13,17H,2-4,7-12H2,1H3,(H,15,16)/b6-5-. The molecule has 1 atom stereocenters. The van der Waals surface area contributed by atoms with Crippen LogP contribution >= 0.6 is 12.6 Å². The van der Waals surface area contributed by atoms with Crippen molar-refractivity contribution in [2.75, 3.05) is 0 Å². The highest BCUT2D eigenvalue weighted by molar-refractivity contribution is 7.81. The highest BCUT2D eigenvalue weighted by Gasteiger charge is 2.10. The summed E-state index contributed by atoms with van der Waals surface area (Å²) in [5.74, 6) is -0.799. The first-order chi connectivity index (χ1) is 8.18. The predicted octanol–water partition coefficient (Wildman–Crippen LogP) is 4.46. The second kappa shape index (κ2) is 12.0. The van der Waals surface area contributed by atoms with Gasteiger partial charge in [0.25, 0.3) is 0 Å². The maximum atomic E-state index is 10.5. The minimum Gasteiger partial charge on any atom is -0.480 e. The van der Waals surface area contributed by atoms with Gasteiger partial charge < -0.3 is 5.11 Å². The molecule has 0 amide bonds. The van der Waals surface area contributed by atoms with Gasteiger partial charge in [-0.3, -0.25) is 4.79 Å². The average Bonchev–Trinajstić information content (AvgIpc) is 2.31. The molecular weight excluding hydrogens is 232 g/mol. The number of thiol groups is 1. The molecule has 0 saturated heterocycles. The van der Waals surface area contributed by atoms with Crippen LogP contribution in [-0.4, -0.2) is 16.3 Å². The Morgan fingerprint density at radius 2 is 1.71 bits per heavy atom. The van der Waals surface area contributed by atoms with Crippen LogP contribution in [-0.2, 0) is 4.79 Å². The lowest BCUT2D eigenvalue weighted by Crippen LogP contribution is -2.12. The second-order valence-corrected chi connectivity index (χ2v) is 5.08. The number of carbonyl (C=O) groups is 1. The summed E-state index contributed by atoms with van der Waals surface area (Å²) in [6, 6.07) is 0. The molecule has 0 heterocycles. The number of carboxylic acids is 1. The van der Waals surface area contributed by atoms with E-state index in [0.717, 1.165) is 19.3 Å². The summed E-state index contributed by atoms with van der Waals surface area (Å²) in [4.78, 5) is 10.5. The van der Waals surface area contributed by atoms with Crippen LogP contribution in [0.2, 0.25) is 0 Å². The molecule has 1 N–H and O–H groups in total. The van der Waals surface area contributed by atoms with E-state index in [1.807, 2.05) is 0 Å². The Morgan fingerprint density at radius 3 is 2.29 bits per heavy atom. The Kier molecular flexibility index (Phi) is 11.7. The SMILES string of the molecule is CCCC/C=C\CCCCCCC(S)C(=O)O. The number of hydrogen-bond acceptors (Lipinski definition) is 2. The molecule has 0 aliphatic heterocycles. The molecule has 0 bridgehead atoms. The third kappa shape index (κ3) is 11.8. The molecule has 0 aliphatic carbocycles. The van der Waals surface area contributed by atoms with Crippen LogP contribution in [0.25, 0.3) is 0 Å². The summed E-state index contributed by atoms with van der Waals surface area (Å²) in [7, 11) is 0. The zero-order chi connectivity index (χ0) is 12.9. The van der Waals surface area contributed by atoms with Gasteiger partial charge in [-0.25, -0.2) is 0 Å². The maximum absolute atomic E-state index is 10.5. The third-order valence-corrected chi connectivity index (χ3v) is 3.25. The van der Waals surface area contributed by atoms with E-state index in [1.165, 1.54) is 32.1 Å². The van der Waals surface area contributed by atoms with Gasteiger partial charge in [0.15, 0.2) is 0 Å². The molecular formula is C14H26O2S. The van der Waals surface area contributed by atoms with Crippen molar-refractivity contribution in [3.63, 3.8) is 0 Å². The van der Waals surface area contributed by atoms with Gasteiger partial charge in [0.1, 0.15) is 0 Å². The predicted molar refractivity (Wildman–Crippen MR) is 76.8 cm³/mol. The number of unbranched alkanes of at least 4 members (excludes halogenated alkanes) is 6. The van der Waals surface area contributed by atoms with Crippen LogP contribution in [0.4, 0.5) is 0 Å². The fraction of sp³-hybridized carbons (Fsp3) is 0.786. The first-order valence-electron chi connectivity index (χ1n) is 6.74. The highest BCUT2D eigenvalue weighted by atomic mass is 32.1. The van der Waals surface area contributed by atoms with Crippen molar-refractivity contribution in [1.29, 1.82) is 0 Å². The summed E-state index contributed by atoms with van der Waals surface area (Å²) in [6.45, 7) is 2.21. The minimum absolute atomic E-state index is 0.482. The van der Waals surface area contributed by atoms with E-state index in [-0.39, 0.29) is 0 Å². The van der Waals surface area contributed by atoms with E-state index >= 15 is 0 Å².